The SMILES string of the molecule is O=C(NCC(O)c1ccsc1)Nc1ccccc1N1CCCC1. The van der Waals surface area contributed by atoms with Crippen molar-refractivity contribution in [2.24, 2.45) is 0 Å². The Morgan fingerprint density at radius 3 is 2.78 bits per heavy atom. The van der Waals surface area contributed by atoms with Gasteiger partial charge in [-0.25, -0.2) is 4.79 Å². The number of hydrogen-bond donors (Lipinski definition) is 3. The van der Waals surface area contributed by atoms with Crippen molar-refractivity contribution >= 4 is 28.7 Å². The fraction of sp³-hybridized carbons (Fsp3) is 0.353. The highest BCUT2D eigenvalue weighted by molar-refractivity contribution is 7.07. The number of nitrogens with zero attached hydrogens (tertiary/aromatic N) is 1. The number of nitrogens with one attached hydrogen (secondary N) is 2. The summed E-state index contributed by atoms with van der Waals surface area (Å²) in [6.07, 6.45) is 1.70. The Morgan fingerprint density at radius 2 is 2.04 bits per heavy atom. The summed E-state index contributed by atoms with van der Waals surface area (Å²) in [6.45, 7) is 2.24. The lowest BCUT2D eigenvalue weighted by atomic mass is 10.2. The normalized spacial score (nSPS) is 15.4. The van der Waals surface area contributed by atoms with E-state index in [1.807, 2.05) is 41.1 Å². The minimum atomic E-state index is -0.680. The number of thiophene rings is 1. The molecule has 0 spiro atoms. The first-order valence-electron chi connectivity index (χ1n) is 7.83. The minimum absolute atomic E-state index is 0.189. The summed E-state index contributed by atoms with van der Waals surface area (Å²) in [5.41, 5.74) is 2.68. The van der Waals surface area contributed by atoms with Crippen molar-refractivity contribution in [3.05, 3.63) is 46.7 Å². The fourth-order valence-corrected chi connectivity index (χ4v) is 3.46. The van der Waals surface area contributed by atoms with Crippen LogP contribution in [0.5, 0.6) is 0 Å². The number of rotatable bonds is 5. The Hall–Kier alpha value is -2.05. The number of para-hydroxylation sites is 2. The van der Waals surface area contributed by atoms with Gasteiger partial charge < -0.3 is 20.6 Å². The van der Waals surface area contributed by atoms with E-state index < -0.39 is 6.10 Å². The summed E-state index contributed by atoms with van der Waals surface area (Å²) in [5, 5.41) is 19.4. The first-order chi connectivity index (χ1) is 11.2. The third-order valence-electron chi connectivity index (χ3n) is 3.98. The lowest BCUT2D eigenvalue weighted by Crippen LogP contribution is -2.33. The van der Waals surface area contributed by atoms with E-state index in [0.717, 1.165) is 30.0 Å². The van der Waals surface area contributed by atoms with Gasteiger partial charge in [-0.3, -0.25) is 0 Å². The quantitative estimate of drug-likeness (QED) is 0.788. The van der Waals surface area contributed by atoms with Gasteiger partial charge in [-0.15, -0.1) is 0 Å². The molecule has 3 rings (SSSR count). The largest absolute Gasteiger partial charge is 0.387 e. The summed E-state index contributed by atoms with van der Waals surface area (Å²) in [4.78, 5) is 14.4. The number of hydrogen-bond acceptors (Lipinski definition) is 4. The lowest BCUT2D eigenvalue weighted by Gasteiger charge is -2.21. The zero-order valence-corrected chi connectivity index (χ0v) is 13.7. The van der Waals surface area contributed by atoms with Crippen LogP contribution in [0.3, 0.4) is 0 Å². The molecule has 1 unspecified atom stereocenters. The van der Waals surface area contributed by atoms with E-state index in [4.69, 9.17) is 0 Å². The van der Waals surface area contributed by atoms with Gasteiger partial charge in [0.15, 0.2) is 0 Å². The molecule has 0 radical (unpaired) electrons. The van der Waals surface area contributed by atoms with Gasteiger partial charge in [0, 0.05) is 19.6 Å². The van der Waals surface area contributed by atoms with E-state index in [1.165, 1.54) is 24.2 Å². The predicted molar refractivity (Wildman–Crippen MR) is 94.2 cm³/mol. The number of urea groups is 1. The highest BCUT2D eigenvalue weighted by atomic mass is 32.1. The second-order valence-electron chi connectivity index (χ2n) is 5.62. The smallest absolute Gasteiger partial charge is 0.319 e. The molecule has 1 atom stereocenters. The molecule has 0 bridgehead atoms. The van der Waals surface area contributed by atoms with Gasteiger partial charge >= 0.3 is 6.03 Å². The monoisotopic (exact) mass is 331 g/mol. The van der Waals surface area contributed by atoms with Gasteiger partial charge in [-0.1, -0.05) is 12.1 Å². The van der Waals surface area contributed by atoms with Gasteiger partial charge in [0.05, 0.1) is 17.5 Å². The number of benzene rings is 1. The molecule has 1 aromatic heterocycles. The van der Waals surface area contributed by atoms with Crippen LogP contribution in [0, 0.1) is 0 Å². The van der Waals surface area contributed by atoms with E-state index >= 15 is 0 Å². The molecule has 122 valence electrons. The van der Waals surface area contributed by atoms with E-state index in [1.54, 1.807) is 0 Å². The zero-order chi connectivity index (χ0) is 16.1. The molecule has 0 saturated carbocycles. The maximum atomic E-state index is 12.1. The van der Waals surface area contributed by atoms with Crippen LogP contribution in [0.15, 0.2) is 41.1 Å². The number of carbonyl (C=O) groups excluding carboxylic acids is 1. The molecule has 1 fully saturated rings. The Bertz CT molecular complexity index is 639. The van der Waals surface area contributed by atoms with E-state index in [-0.39, 0.29) is 12.6 Å². The van der Waals surface area contributed by atoms with E-state index in [0.29, 0.717) is 0 Å². The highest BCUT2D eigenvalue weighted by Crippen LogP contribution is 2.28. The molecule has 2 heterocycles. The summed E-state index contributed by atoms with van der Waals surface area (Å²) in [7, 11) is 0. The summed E-state index contributed by atoms with van der Waals surface area (Å²) in [5.74, 6) is 0. The first-order valence-corrected chi connectivity index (χ1v) is 8.77. The maximum absolute atomic E-state index is 12.1. The number of aliphatic hydroxyl groups is 1. The van der Waals surface area contributed by atoms with Crippen molar-refractivity contribution in [1.29, 1.82) is 0 Å². The third kappa shape index (κ3) is 4.03. The maximum Gasteiger partial charge on any atom is 0.319 e. The van der Waals surface area contributed by atoms with Gasteiger partial charge in [-0.2, -0.15) is 11.3 Å². The van der Waals surface area contributed by atoms with Crippen LogP contribution in [-0.2, 0) is 0 Å². The molecule has 2 amide bonds. The van der Waals surface area contributed by atoms with Crippen LogP contribution < -0.4 is 15.5 Å². The van der Waals surface area contributed by atoms with Crippen LogP contribution in [-0.4, -0.2) is 30.8 Å². The third-order valence-corrected chi connectivity index (χ3v) is 4.68. The molecule has 1 saturated heterocycles. The van der Waals surface area contributed by atoms with Crippen molar-refractivity contribution in [1.82, 2.24) is 5.32 Å². The molecule has 1 aromatic carbocycles. The number of carbonyl (C=O) groups is 1. The number of aliphatic hydroxyl groups excluding tert-OH is 1. The van der Waals surface area contributed by atoms with Crippen LogP contribution >= 0.6 is 11.3 Å². The second-order valence-corrected chi connectivity index (χ2v) is 6.40. The molecular weight excluding hydrogens is 310 g/mol. The molecule has 5 nitrogen and oxygen atoms in total. The molecule has 2 aromatic rings. The Morgan fingerprint density at radius 1 is 1.26 bits per heavy atom. The zero-order valence-electron chi connectivity index (χ0n) is 12.9. The van der Waals surface area contributed by atoms with Gasteiger partial charge in [0.1, 0.15) is 0 Å². The van der Waals surface area contributed by atoms with Gasteiger partial charge in [-0.05, 0) is 47.4 Å². The van der Waals surface area contributed by atoms with Crippen LogP contribution in [0.4, 0.5) is 16.2 Å². The van der Waals surface area contributed by atoms with E-state index in [9.17, 15) is 9.90 Å². The van der Waals surface area contributed by atoms with Crippen LogP contribution in [0.1, 0.15) is 24.5 Å². The van der Waals surface area contributed by atoms with Gasteiger partial charge in [0.2, 0.25) is 0 Å². The molecule has 23 heavy (non-hydrogen) atoms. The Labute approximate surface area is 139 Å². The molecular formula is C17H21N3O2S. The summed E-state index contributed by atoms with van der Waals surface area (Å²) >= 11 is 1.53. The standard InChI is InChI=1S/C17H21N3O2S/c21-16(13-7-10-23-12-13)11-18-17(22)19-14-5-1-2-6-15(14)20-8-3-4-9-20/h1-2,5-7,10,12,16,21H,3-4,8-9,11H2,(H2,18,19,22). The predicted octanol–water partition coefficient (Wildman–Crippen LogP) is 3.20. The Balaban J connectivity index is 1.57. The average molecular weight is 331 g/mol. The molecule has 1 aliphatic rings. The molecule has 3 N–H and O–H groups in total. The van der Waals surface area contributed by atoms with Gasteiger partial charge in [0.25, 0.3) is 0 Å². The molecule has 1 aliphatic heterocycles. The second kappa shape index (κ2) is 7.48. The first kappa shape index (κ1) is 15.8. The molecule has 0 aliphatic carbocycles. The summed E-state index contributed by atoms with van der Waals surface area (Å²) < 4.78 is 0. The average Bonchev–Trinajstić information content (AvgIpc) is 3.26. The van der Waals surface area contributed by atoms with E-state index in [2.05, 4.69) is 15.5 Å². The number of amides is 2. The van der Waals surface area contributed by atoms with Crippen molar-refractivity contribution in [2.45, 2.75) is 18.9 Å². The molecule has 6 heteroatoms. The highest BCUT2D eigenvalue weighted by Gasteiger charge is 2.17. The van der Waals surface area contributed by atoms with Crippen LogP contribution in [0.2, 0.25) is 0 Å². The van der Waals surface area contributed by atoms with Crippen molar-refractivity contribution in [3.8, 4) is 0 Å². The topological polar surface area (TPSA) is 64.6 Å². The minimum Gasteiger partial charge on any atom is -0.387 e. The van der Waals surface area contributed by atoms with Crippen LogP contribution in [0.25, 0.3) is 0 Å². The van der Waals surface area contributed by atoms with Crippen molar-refractivity contribution in [2.75, 3.05) is 29.9 Å². The summed E-state index contributed by atoms with van der Waals surface area (Å²) in [6, 6.07) is 9.39. The van der Waals surface area contributed by atoms with Crippen molar-refractivity contribution in [3.63, 3.8) is 0 Å². The fourth-order valence-electron chi connectivity index (χ4n) is 2.75. The van der Waals surface area contributed by atoms with Crippen molar-refractivity contribution < 1.29 is 9.90 Å². The Kier molecular flexibility index (Phi) is 5.15. The number of anilines is 2. The lowest BCUT2D eigenvalue weighted by molar-refractivity contribution is 0.175.